The Kier molecular flexibility index (Phi) is 4.52. The maximum absolute atomic E-state index is 12.9. The van der Waals surface area contributed by atoms with Gasteiger partial charge in [0.15, 0.2) is 5.58 Å². The lowest BCUT2D eigenvalue weighted by atomic mass is 9.79. The molecule has 0 radical (unpaired) electrons. The maximum Gasteiger partial charge on any atom is 0.270 e. The van der Waals surface area contributed by atoms with Crippen molar-refractivity contribution in [1.82, 2.24) is 15.2 Å². The minimum atomic E-state index is -0.0659. The van der Waals surface area contributed by atoms with Gasteiger partial charge in [-0.2, -0.15) is 11.8 Å². The van der Waals surface area contributed by atoms with E-state index >= 15 is 0 Å². The van der Waals surface area contributed by atoms with Crippen molar-refractivity contribution in [3.05, 3.63) is 24.2 Å². The van der Waals surface area contributed by atoms with Crippen LogP contribution < -0.4 is 10.2 Å². The second-order valence-electron chi connectivity index (χ2n) is 7.90. The average molecular weight is 387 g/mol. The highest BCUT2D eigenvalue weighted by Crippen LogP contribution is 2.33. The van der Waals surface area contributed by atoms with Crippen molar-refractivity contribution >= 4 is 34.3 Å². The second-order valence-corrected chi connectivity index (χ2v) is 9.12. The zero-order chi connectivity index (χ0) is 18.4. The van der Waals surface area contributed by atoms with E-state index in [9.17, 15) is 4.79 Å². The Labute approximate surface area is 163 Å². The van der Waals surface area contributed by atoms with E-state index in [1.807, 2.05) is 17.8 Å². The number of hydrogen-bond acceptors (Lipinski definition) is 6. The third-order valence-electron chi connectivity index (χ3n) is 6.50. The molecule has 1 N–H and O–H groups in total. The normalized spacial score (nSPS) is 30.6. The fourth-order valence-corrected chi connectivity index (χ4v) is 5.77. The van der Waals surface area contributed by atoms with Crippen LogP contribution in [0.3, 0.4) is 0 Å². The summed E-state index contributed by atoms with van der Waals surface area (Å²) in [4.78, 5) is 22.2. The maximum atomic E-state index is 12.9. The molecule has 4 aliphatic rings. The number of hydrogen-bond donors (Lipinski definition) is 1. The molecule has 0 aliphatic carbocycles. The highest BCUT2D eigenvalue weighted by Gasteiger charge is 2.40. The Bertz CT molecular complexity index is 838. The van der Waals surface area contributed by atoms with Crippen LogP contribution in [0.5, 0.6) is 0 Å². The lowest BCUT2D eigenvalue weighted by Gasteiger charge is -2.49. The lowest BCUT2D eigenvalue weighted by Crippen LogP contribution is -2.62. The number of amides is 1. The highest BCUT2D eigenvalue weighted by atomic mass is 32.2. The molecule has 4 fully saturated rings. The second kappa shape index (κ2) is 7.02. The van der Waals surface area contributed by atoms with Crippen LogP contribution in [0.25, 0.3) is 11.0 Å². The number of nitrogens with one attached hydrogen (secondary N) is 1. The van der Waals surface area contributed by atoms with E-state index < -0.39 is 0 Å². The van der Waals surface area contributed by atoms with Crippen molar-refractivity contribution in [1.29, 1.82) is 0 Å². The fraction of sp³-hybridized carbons (Fsp3) is 0.600. The first-order chi connectivity index (χ1) is 13.2. The fourth-order valence-electron chi connectivity index (χ4n) is 4.86. The zero-order valence-electron chi connectivity index (χ0n) is 15.7. The van der Waals surface area contributed by atoms with Crippen molar-refractivity contribution in [3.8, 4) is 0 Å². The number of carbonyl (C=O) groups excluding carboxylic acids is 1. The first-order valence-electron chi connectivity index (χ1n) is 9.95. The van der Waals surface area contributed by atoms with Gasteiger partial charge in [0.25, 0.3) is 5.91 Å². The molecule has 2 bridgehead atoms. The number of carbonyl (C=O) groups is 1. The molecule has 6 heterocycles. The van der Waals surface area contributed by atoms with Gasteiger partial charge in [-0.25, -0.2) is 4.98 Å². The molecule has 0 spiro atoms. The number of fused-ring (bicyclic) bond motifs is 4. The number of anilines is 1. The molecule has 4 saturated heterocycles. The Balaban J connectivity index is 1.38. The van der Waals surface area contributed by atoms with E-state index in [-0.39, 0.29) is 11.9 Å². The van der Waals surface area contributed by atoms with Crippen molar-refractivity contribution in [2.24, 2.45) is 5.92 Å². The first-order valence-corrected chi connectivity index (χ1v) is 11.1. The minimum absolute atomic E-state index is 0.0659. The molecular weight excluding hydrogens is 360 g/mol. The van der Waals surface area contributed by atoms with E-state index in [4.69, 9.17) is 4.42 Å². The molecule has 6 nitrogen and oxygen atoms in total. The molecule has 7 heteroatoms. The summed E-state index contributed by atoms with van der Waals surface area (Å²) in [5.41, 5.74) is 2.31. The summed E-state index contributed by atoms with van der Waals surface area (Å²) >= 11 is 1.98. The van der Waals surface area contributed by atoms with E-state index in [0.717, 1.165) is 54.3 Å². The van der Waals surface area contributed by atoms with E-state index in [0.29, 0.717) is 17.7 Å². The van der Waals surface area contributed by atoms with Gasteiger partial charge in [-0.15, -0.1) is 0 Å². The predicted octanol–water partition coefficient (Wildman–Crippen LogP) is 2.59. The van der Waals surface area contributed by atoms with Crippen LogP contribution in [0, 0.1) is 5.92 Å². The van der Waals surface area contributed by atoms with Crippen molar-refractivity contribution in [2.45, 2.75) is 31.8 Å². The smallest absolute Gasteiger partial charge is 0.270 e. The Hall–Kier alpha value is -1.73. The van der Waals surface area contributed by atoms with Gasteiger partial charge in [0, 0.05) is 42.1 Å². The summed E-state index contributed by atoms with van der Waals surface area (Å²) in [6, 6.07) is 2.53. The summed E-state index contributed by atoms with van der Waals surface area (Å²) in [5.74, 6) is 2.78. The van der Waals surface area contributed by atoms with Gasteiger partial charge in [-0.1, -0.05) is 0 Å². The van der Waals surface area contributed by atoms with Crippen molar-refractivity contribution in [3.63, 3.8) is 0 Å². The van der Waals surface area contributed by atoms with Crippen LogP contribution in [0.1, 0.15) is 30.3 Å². The first kappa shape index (κ1) is 17.4. The van der Waals surface area contributed by atoms with Gasteiger partial charge in [-0.05, 0) is 44.8 Å². The van der Waals surface area contributed by atoms with Gasteiger partial charge in [0.05, 0.1) is 11.9 Å². The Morgan fingerprint density at radius 2 is 2.04 bits per heavy atom. The van der Waals surface area contributed by atoms with Crippen LogP contribution in [0.2, 0.25) is 0 Å². The number of aromatic nitrogens is 1. The van der Waals surface area contributed by atoms with Crippen molar-refractivity contribution in [2.75, 3.05) is 42.6 Å². The molecule has 0 saturated carbocycles. The van der Waals surface area contributed by atoms with E-state index in [1.54, 1.807) is 12.5 Å². The molecule has 2 atom stereocenters. The molecule has 2 unspecified atom stereocenters. The SMILES string of the molecule is CC1C(NC(=O)c2cc3c(N4CCSCC4)coc3cn2)C2CCN1CC2. The molecule has 0 aromatic carbocycles. The van der Waals surface area contributed by atoms with Crippen LogP contribution in [0.4, 0.5) is 5.69 Å². The third kappa shape index (κ3) is 3.10. The number of thioether (sulfide) groups is 1. The molecule has 4 aliphatic heterocycles. The minimum Gasteiger partial charge on any atom is -0.460 e. The molecule has 27 heavy (non-hydrogen) atoms. The van der Waals surface area contributed by atoms with Gasteiger partial charge in [0.2, 0.25) is 0 Å². The van der Waals surface area contributed by atoms with Gasteiger partial charge in [0.1, 0.15) is 12.0 Å². The van der Waals surface area contributed by atoms with E-state index in [2.05, 4.69) is 27.0 Å². The van der Waals surface area contributed by atoms with Crippen LogP contribution in [0.15, 0.2) is 22.9 Å². The zero-order valence-corrected chi connectivity index (χ0v) is 16.5. The summed E-state index contributed by atoms with van der Waals surface area (Å²) in [6.07, 6.45) is 5.85. The van der Waals surface area contributed by atoms with Gasteiger partial charge >= 0.3 is 0 Å². The summed E-state index contributed by atoms with van der Waals surface area (Å²) < 4.78 is 5.69. The standard InChI is InChI=1S/C20H26N4O2S/c1-13-19(14-2-4-23(13)5-3-14)22-20(25)16-10-15-17(12-26-18(15)11-21-16)24-6-8-27-9-7-24/h10-14,19H,2-9H2,1H3,(H,22,25). The Morgan fingerprint density at radius 3 is 2.78 bits per heavy atom. The number of furan rings is 1. The van der Waals surface area contributed by atoms with Gasteiger partial charge < -0.3 is 14.6 Å². The summed E-state index contributed by atoms with van der Waals surface area (Å²) in [5, 5.41) is 4.27. The average Bonchev–Trinajstić information content (AvgIpc) is 3.15. The molecule has 144 valence electrons. The third-order valence-corrected chi connectivity index (χ3v) is 7.44. The molecule has 6 rings (SSSR count). The largest absolute Gasteiger partial charge is 0.460 e. The summed E-state index contributed by atoms with van der Waals surface area (Å²) in [6.45, 7) is 6.58. The van der Waals surface area contributed by atoms with Crippen LogP contribution >= 0.6 is 11.8 Å². The summed E-state index contributed by atoms with van der Waals surface area (Å²) in [7, 11) is 0. The number of piperidine rings is 3. The topological polar surface area (TPSA) is 61.6 Å². The molecule has 2 aromatic rings. The lowest BCUT2D eigenvalue weighted by molar-refractivity contribution is 0.0216. The van der Waals surface area contributed by atoms with Crippen molar-refractivity contribution < 1.29 is 9.21 Å². The van der Waals surface area contributed by atoms with Crippen LogP contribution in [-0.2, 0) is 0 Å². The predicted molar refractivity (Wildman–Crippen MR) is 109 cm³/mol. The monoisotopic (exact) mass is 386 g/mol. The Morgan fingerprint density at radius 1 is 1.26 bits per heavy atom. The highest BCUT2D eigenvalue weighted by molar-refractivity contribution is 7.99. The molecule has 2 aromatic heterocycles. The van der Waals surface area contributed by atoms with Gasteiger partial charge in [-0.3, -0.25) is 9.69 Å². The number of nitrogens with zero attached hydrogens (tertiary/aromatic N) is 3. The number of rotatable bonds is 3. The van der Waals surface area contributed by atoms with E-state index in [1.165, 1.54) is 12.8 Å². The van der Waals surface area contributed by atoms with Crippen LogP contribution in [-0.4, -0.2) is 65.6 Å². The quantitative estimate of drug-likeness (QED) is 0.875. The number of pyridine rings is 1. The molecule has 1 amide bonds. The molecular formula is C20H26N4O2S.